The highest BCUT2D eigenvalue weighted by Crippen LogP contribution is 2.38. The van der Waals surface area contributed by atoms with Crippen LogP contribution in [0.5, 0.6) is 0 Å². The molecular formula is C14H28O2SSi. The van der Waals surface area contributed by atoms with Crippen LogP contribution in [0.4, 0.5) is 0 Å². The molecule has 0 aromatic carbocycles. The van der Waals surface area contributed by atoms with Gasteiger partial charge in [-0.25, -0.2) is 0 Å². The first-order valence-corrected chi connectivity index (χ1v) is 10.6. The SMILES string of the molecule is CSCO/C(=C/C=C(C)C)O[Si](C)(C)C(C)(C)C. The van der Waals surface area contributed by atoms with Crippen LogP contribution in [0.15, 0.2) is 23.7 Å². The fourth-order valence-electron chi connectivity index (χ4n) is 0.868. The van der Waals surface area contributed by atoms with Crippen LogP contribution < -0.4 is 0 Å². The third-order valence-electron chi connectivity index (χ3n) is 3.03. The van der Waals surface area contributed by atoms with Crippen LogP contribution in [0.25, 0.3) is 0 Å². The van der Waals surface area contributed by atoms with Gasteiger partial charge in [0.2, 0.25) is 0 Å². The van der Waals surface area contributed by atoms with Crippen LogP contribution in [0, 0.1) is 0 Å². The van der Waals surface area contributed by atoms with Crippen molar-refractivity contribution < 1.29 is 9.16 Å². The quantitative estimate of drug-likeness (QED) is 0.291. The molecule has 106 valence electrons. The summed E-state index contributed by atoms with van der Waals surface area (Å²) in [5.41, 5.74) is 1.24. The van der Waals surface area contributed by atoms with Crippen LogP contribution in [-0.2, 0) is 9.16 Å². The topological polar surface area (TPSA) is 18.5 Å². The Morgan fingerprint density at radius 3 is 2.11 bits per heavy atom. The molecule has 0 aliphatic carbocycles. The van der Waals surface area contributed by atoms with E-state index >= 15 is 0 Å². The number of hydrogen-bond acceptors (Lipinski definition) is 3. The van der Waals surface area contributed by atoms with Gasteiger partial charge in [0.25, 0.3) is 14.3 Å². The summed E-state index contributed by atoms with van der Waals surface area (Å²) in [7, 11) is -1.82. The molecule has 0 unspecified atom stereocenters. The maximum absolute atomic E-state index is 6.17. The zero-order valence-electron chi connectivity index (χ0n) is 13.1. The molecule has 4 heteroatoms. The Balaban J connectivity index is 4.90. The molecule has 0 fully saturated rings. The summed E-state index contributed by atoms with van der Waals surface area (Å²) in [6.07, 6.45) is 5.99. The zero-order valence-corrected chi connectivity index (χ0v) is 14.9. The molecule has 0 aromatic rings. The highest BCUT2D eigenvalue weighted by Gasteiger charge is 2.39. The van der Waals surface area contributed by atoms with Gasteiger partial charge in [-0.1, -0.05) is 32.4 Å². The van der Waals surface area contributed by atoms with Crippen molar-refractivity contribution >= 4 is 20.1 Å². The Bertz CT molecular complexity index is 310. The maximum atomic E-state index is 6.17. The van der Waals surface area contributed by atoms with Gasteiger partial charge in [-0.05, 0) is 38.2 Å². The molecule has 0 atom stereocenters. The van der Waals surface area contributed by atoms with E-state index in [-0.39, 0.29) is 5.04 Å². The standard InChI is InChI=1S/C14H28O2SSi/c1-12(2)9-10-13(15-11-17-6)16-18(7,8)14(3,4)5/h9-10H,11H2,1-8H3/b13-10-. The van der Waals surface area contributed by atoms with Crippen molar-refractivity contribution in [3.8, 4) is 0 Å². The van der Waals surface area contributed by atoms with E-state index in [1.54, 1.807) is 11.8 Å². The summed E-state index contributed by atoms with van der Waals surface area (Å²) >= 11 is 1.65. The molecule has 0 bridgehead atoms. The normalized spacial score (nSPS) is 13.2. The molecule has 0 aromatic heterocycles. The molecule has 0 rings (SSSR count). The van der Waals surface area contributed by atoms with Gasteiger partial charge in [0.05, 0.1) is 0 Å². The van der Waals surface area contributed by atoms with Crippen molar-refractivity contribution in [2.24, 2.45) is 0 Å². The first-order chi connectivity index (χ1) is 8.10. The minimum atomic E-state index is -1.82. The number of allylic oxidation sites excluding steroid dienone is 3. The lowest BCUT2D eigenvalue weighted by atomic mass is 10.2. The number of thioether (sulfide) groups is 1. The van der Waals surface area contributed by atoms with Gasteiger partial charge in [-0.3, -0.25) is 0 Å². The maximum Gasteiger partial charge on any atom is 0.266 e. The summed E-state index contributed by atoms with van der Waals surface area (Å²) < 4.78 is 11.8. The smallest absolute Gasteiger partial charge is 0.266 e. The Morgan fingerprint density at radius 2 is 1.72 bits per heavy atom. The summed E-state index contributed by atoms with van der Waals surface area (Å²) in [4.78, 5) is 0. The van der Waals surface area contributed by atoms with Gasteiger partial charge in [-0.15, -0.1) is 11.8 Å². The Morgan fingerprint density at radius 1 is 1.17 bits per heavy atom. The van der Waals surface area contributed by atoms with E-state index in [9.17, 15) is 0 Å². The zero-order chi connectivity index (χ0) is 14.4. The van der Waals surface area contributed by atoms with Gasteiger partial charge < -0.3 is 9.16 Å². The van der Waals surface area contributed by atoms with E-state index in [0.29, 0.717) is 11.9 Å². The van der Waals surface area contributed by atoms with E-state index < -0.39 is 8.32 Å². The van der Waals surface area contributed by atoms with Crippen LogP contribution in [0.3, 0.4) is 0 Å². The van der Waals surface area contributed by atoms with E-state index in [4.69, 9.17) is 9.16 Å². The third kappa shape index (κ3) is 6.54. The van der Waals surface area contributed by atoms with Crippen LogP contribution in [0.2, 0.25) is 18.1 Å². The minimum absolute atomic E-state index is 0.180. The molecule has 0 radical (unpaired) electrons. The molecule has 0 amide bonds. The molecule has 18 heavy (non-hydrogen) atoms. The van der Waals surface area contributed by atoms with E-state index in [0.717, 1.165) is 0 Å². The van der Waals surface area contributed by atoms with Gasteiger partial charge >= 0.3 is 0 Å². The summed E-state index contributed by atoms with van der Waals surface area (Å²) in [5.74, 6) is 1.27. The summed E-state index contributed by atoms with van der Waals surface area (Å²) in [6.45, 7) is 15.3. The van der Waals surface area contributed by atoms with Crippen LogP contribution in [0.1, 0.15) is 34.6 Å². The average Bonchev–Trinajstić information content (AvgIpc) is 2.20. The first-order valence-electron chi connectivity index (χ1n) is 6.26. The monoisotopic (exact) mass is 288 g/mol. The van der Waals surface area contributed by atoms with Gasteiger partial charge in [0, 0.05) is 6.08 Å². The number of hydrogen-bond donors (Lipinski definition) is 0. The molecule has 0 aliphatic rings. The first kappa shape index (κ1) is 17.6. The van der Waals surface area contributed by atoms with Crippen LogP contribution >= 0.6 is 11.8 Å². The van der Waals surface area contributed by atoms with Crippen molar-refractivity contribution in [2.75, 3.05) is 12.2 Å². The Labute approximate surface area is 118 Å². The number of rotatable bonds is 6. The lowest BCUT2D eigenvalue weighted by Gasteiger charge is -2.36. The van der Waals surface area contributed by atoms with Gasteiger partial charge in [0.15, 0.2) is 0 Å². The van der Waals surface area contributed by atoms with Crippen molar-refractivity contribution in [3.63, 3.8) is 0 Å². The second-order valence-corrected chi connectivity index (χ2v) is 11.7. The molecule has 0 saturated heterocycles. The average molecular weight is 289 g/mol. The highest BCUT2D eigenvalue weighted by molar-refractivity contribution is 7.98. The van der Waals surface area contributed by atoms with Crippen molar-refractivity contribution in [1.82, 2.24) is 0 Å². The molecule has 0 heterocycles. The second-order valence-electron chi connectivity index (χ2n) is 6.14. The van der Waals surface area contributed by atoms with Crippen molar-refractivity contribution in [2.45, 2.75) is 52.8 Å². The molecular weight excluding hydrogens is 260 g/mol. The van der Waals surface area contributed by atoms with E-state index in [2.05, 4.69) is 47.7 Å². The minimum Gasteiger partial charge on any atom is -0.519 e. The second kappa shape index (κ2) is 7.29. The lowest BCUT2D eigenvalue weighted by Crippen LogP contribution is -2.40. The Hall–Kier alpha value is -0.353. The summed E-state index contributed by atoms with van der Waals surface area (Å²) in [6, 6.07) is 0. The fourth-order valence-corrected chi connectivity index (χ4v) is 2.04. The largest absolute Gasteiger partial charge is 0.519 e. The van der Waals surface area contributed by atoms with E-state index in [1.165, 1.54) is 5.57 Å². The predicted molar refractivity (Wildman–Crippen MR) is 85.3 cm³/mol. The van der Waals surface area contributed by atoms with Gasteiger partial charge in [-0.2, -0.15) is 0 Å². The van der Waals surface area contributed by atoms with Crippen LogP contribution in [-0.4, -0.2) is 20.5 Å². The third-order valence-corrected chi connectivity index (χ3v) is 7.71. The number of ether oxygens (including phenoxy) is 1. The molecule has 0 spiro atoms. The van der Waals surface area contributed by atoms with Crippen molar-refractivity contribution in [1.29, 1.82) is 0 Å². The molecule has 2 nitrogen and oxygen atoms in total. The van der Waals surface area contributed by atoms with Crippen molar-refractivity contribution in [3.05, 3.63) is 23.7 Å². The highest BCUT2D eigenvalue weighted by atomic mass is 32.2. The predicted octanol–water partition coefficient (Wildman–Crippen LogP) is 5.15. The Kier molecular flexibility index (Phi) is 7.15. The fraction of sp³-hybridized carbons (Fsp3) is 0.714. The molecule has 0 saturated carbocycles. The van der Waals surface area contributed by atoms with E-state index in [1.807, 2.05) is 18.4 Å². The lowest BCUT2D eigenvalue weighted by molar-refractivity contribution is 0.131. The molecule has 0 N–H and O–H groups in total. The molecule has 0 aliphatic heterocycles. The summed E-state index contributed by atoms with van der Waals surface area (Å²) in [5, 5.41) is 0.180. The van der Waals surface area contributed by atoms with Gasteiger partial charge in [0.1, 0.15) is 5.94 Å².